The summed E-state index contributed by atoms with van der Waals surface area (Å²) in [6.07, 6.45) is 2.58. The Kier molecular flexibility index (Phi) is 6.44. The van der Waals surface area contributed by atoms with E-state index in [0.29, 0.717) is 24.8 Å². The molecule has 5 nitrogen and oxygen atoms in total. The summed E-state index contributed by atoms with van der Waals surface area (Å²) in [5.41, 5.74) is 1.36. The highest BCUT2D eigenvalue weighted by molar-refractivity contribution is 5.74. The maximum Gasteiger partial charge on any atom is 0.317 e. The van der Waals surface area contributed by atoms with Crippen molar-refractivity contribution in [1.29, 1.82) is 0 Å². The van der Waals surface area contributed by atoms with Crippen molar-refractivity contribution < 1.29 is 14.7 Å². The molecular weight excluding hydrogens is 292 g/mol. The van der Waals surface area contributed by atoms with Gasteiger partial charge < -0.3 is 15.3 Å². The topological polar surface area (TPSA) is 69.6 Å². The molecule has 1 aromatic rings. The van der Waals surface area contributed by atoms with Crippen LogP contribution in [0.1, 0.15) is 44.1 Å². The molecule has 2 N–H and O–H groups in total. The second-order valence-electron chi connectivity index (χ2n) is 6.15. The molecular formula is C18H26N2O3. The number of hydrogen-bond acceptors (Lipinski definition) is 2. The lowest BCUT2D eigenvalue weighted by molar-refractivity contribution is -0.137. The van der Waals surface area contributed by atoms with Crippen LogP contribution < -0.4 is 5.32 Å². The first-order valence-corrected chi connectivity index (χ1v) is 8.41. The molecule has 1 aliphatic heterocycles. The molecule has 1 saturated heterocycles. The van der Waals surface area contributed by atoms with E-state index in [4.69, 9.17) is 5.11 Å². The lowest BCUT2D eigenvalue weighted by Gasteiger charge is -2.38. The van der Waals surface area contributed by atoms with Crippen LogP contribution in [0.2, 0.25) is 0 Å². The second-order valence-corrected chi connectivity index (χ2v) is 6.15. The van der Waals surface area contributed by atoms with E-state index in [2.05, 4.69) is 36.5 Å². The number of carbonyl (C=O) groups excluding carboxylic acids is 1. The molecule has 126 valence electrons. The normalized spacial score (nSPS) is 21.0. The van der Waals surface area contributed by atoms with Crippen LogP contribution in [0, 0.1) is 5.92 Å². The Balaban J connectivity index is 1.85. The summed E-state index contributed by atoms with van der Waals surface area (Å²) >= 11 is 0. The molecule has 0 aromatic heterocycles. The molecule has 0 bridgehead atoms. The van der Waals surface area contributed by atoms with Gasteiger partial charge in [0.1, 0.15) is 0 Å². The van der Waals surface area contributed by atoms with Crippen molar-refractivity contribution in [1.82, 2.24) is 10.2 Å². The van der Waals surface area contributed by atoms with Crippen LogP contribution in [-0.4, -0.2) is 41.6 Å². The average molecular weight is 318 g/mol. The third-order valence-corrected chi connectivity index (χ3v) is 4.62. The molecule has 5 heteroatoms. The fourth-order valence-electron chi connectivity index (χ4n) is 3.32. The molecule has 0 radical (unpaired) electrons. The van der Waals surface area contributed by atoms with Crippen LogP contribution in [0.25, 0.3) is 0 Å². The van der Waals surface area contributed by atoms with E-state index in [1.54, 1.807) is 0 Å². The van der Waals surface area contributed by atoms with Crippen molar-refractivity contribution in [2.75, 3.05) is 19.6 Å². The first-order valence-electron chi connectivity index (χ1n) is 8.41. The standard InChI is InChI=1S/C18H26N2O3/c1-2-14-13-20(18(23)19-11-6-9-17(21)22)12-10-16(14)15-7-4-3-5-8-15/h3-5,7-8,14,16H,2,6,9-13H2,1H3,(H,19,23)(H,21,22). The molecule has 2 rings (SSSR count). The van der Waals surface area contributed by atoms with E-state index in [0.717, 1.165) is 25.9 Å². The molecule has 1 aromatic carbocycles. The highest BCUT2D eigenvalue weighted by Crippen LogP contribution is 2.34. The number of likely N-dealkylation sites (tertiary alicyclic amines) is 1. The summed E-state index contributed by atoms with van der Waals surface area (Å²) in [6, 6.07) is 10.5. The van der Waals surface area contributed by atoms with Crippen LogP contribution in [0.15, 0.2) is 30.3 Å². The van der Waals surface area contributed by atoms with Gasteiger partial charge in [-0.15, -0.1) is 0 Å². The number of piperidine rings is 1. The predicted molar refractivity (Wildman–Crippen MR) is 89.4 cm³/mol. The minimum atomic E-state index is -0.825. The first kappa shape index (κ1) is 17.3. The van der Waals surface area contributed by atoms with Gasteiger partial charge in [0.2, 0.25) is 0 Å². The minimum Gasteiger partial charge on any atom is -0.481 e. The van der Waals surface area contributed by atoms with E-state index >= 15 is 0 Å². The Hall–Kier alpha value is -2.04. The van der Waals surface area contributed by atoms with E-state index in [1.165, 1.54) is 5.56 Å². The van der Waals surface area contributed by atoms with Crippen LogP contribution in [0.4, 0.5) is 4.79 Å². The molecule has 1 heterocycles. The number of nitrogens with one attached hydrogen (secondary N) is 1. The van der Waals surface area contributed by atoms with Crippen LogP contribution >= 0.6 is 0 Å². The van der Waals surface area contributed by atoms with Crippen molar-refractivity contribution in [2.24, 2.45) is 5.92 Å². The Labute approximate surface area is 137 Å². The third-order valence-electron chi connectivity index (χ3n) is 4.62. The maximum atomic E-state index is 12.2. The van der Waals surface area contributed by atoms with E-state index in [1.807, 2.05) is 11.0 Å². The number of carboxylic acid groups (broad SMARTS) is 1. The summed E-state index contributed by atoms with van der Waals surface area (Å²) in [4.78, 5) is 24.6. The molecule has 1 aliphatic rings. The average Bonchev–Trinajstić information content (AvgIpc) is 2.58. The number of nitrogens with zero attached hydrogens (tertiary/aromatic N) is 1. The van der Waals surface area contributed by atoms with Gasteiger partial charge in [-0.05, 0) is 30.2 Å². The summed E-state index contributed by atoms with van der Waals surface area (Å²) in [5, 5.41) is 11.4. The molecule has 0 aliphatic carbocycles. The highest BCUT2D eigenvalue weighted by Gasteiger charge is 2.31. The lowest BCUT2D eigenvalue weighted by atomic mass is 9.79. The molecule has 2 amide bonds. The monoisotopic (exact) mass is 318 g/mol. The largest absolute Gasteiger partial charge is 0.481 e. The van der Waals surface area contributed by atoms with Crippen LogP contribution in [0.3, 0.4) is 0 Å². The van der Waals surface area contributed by atoms with Crippen molar-refractivity contribution in [3.63, 3.8) is 0 Å². The fraction of sp³-hybridized carbons (Fsp3) is 0.556. The van der Waals surface area contributed by atoms with Crippen molar-refractivity contribution in [2.45, 2.75) is 38.5 Å². The fourth-order valence-corrected chi connectivity index (χ4v) is 3.32. The van der Waals surface area contributed by atoms with Gasteiger partial charge in [0.15, 0.2) is 0 Å². The van der Waals surface area contributed by atoms with Gasteiger partial charge in [-0.25, -0.2) is 4.79 Å². The number of benzene rings is 1. The first-order chi connectivity index (χ1) is 11.1. The number of rotatable bonds is 6. The van der Waals surface area contributed by atoms with E-state index in [-0.39, 0.29) is 12.5 Å². The minimum absolute atomic E-state index is 0.0691. The van der Waals surface area contributed by atoms with Crippen LogP contribution in [0.5, 0.6) is 0 Å². The number of hydrogen-bond donors (Lipinski definition) is 2. The molecule has 2 unspecified atom stereocenters. The Bertz CT molecular complexity index is 518. The Morgan fingerprint density at radius 3 is 2.70 bits per heavy atom. The Morgan fingerprint density at radius 1 is 1.30 bits per heavy atom. The molecule has 0 saturated carbocycles. The van der Waals surface area contributed by atoms with Crippen LogP contribution in [-0.2, 0) is 4.79 Å². The zero-order valence-corrected chi connectivity index (χ0v) is 13.7. The summed E-state index contributed by atoms with van der Waals surface area (Å²) < 4.78 is 0. The molecule has 23 heavy (non-hydrogen) atoms. The molecule has 0 spiro atoms. The van der Waals surface area contributed by atoms with E-state index < -0.39 is 5.97 Å². The zero-order chi connectivity index (χ0) is 16.7. The zero-order valence-electron chi connectivity index (χ0n) is 13.7. The SMILES string of the molecule is CCC1CN(C(=O)NCCCC(=O)O)CCC1c1ccccc1. The number of carboxylic acids is 1. The van der Waals surface area contributed by atoms with Gasteiger partial charge in [-0.1, -0.05) is 43.7 Å². The summed E-state index contributed by atoms with van der Waals surface area (Å²) in [5.74, 6) is 0.155. The van der Waals surface area contributed by atoms with Crippen molar-refractivity contribution in [3.8, 4) is 0 Å². The van der Waals surface area contributed by atoms with Gasteiger partial charge in [-0.3, -0.25) is 4.79 Å². The van der Waals surface area contributed by atoms with Crippen molar-refractivity contribution >= 4 is 12.0 Å². The van der Waals surface area contributed by atoms with Gasteiger partial charge in [-0.2, -0.15) is 0 Å². The van der Waals surface area contributed by atoms with E-state index in [9.17, 15) is 9.59 Å². The quantitative estimate of drug-likeness (QED) is 0.792. The Morgan fingerprint density at radius 2 is 2.04 bits per heavy atom. The maximum absolute atomic E-state index is 12.2. The second kappa shape index (κ2) is 8.56. The lowest BCUT2D eigenvalue weighted by Crippen LogP contribution is -2.47. The summed E-state index contributed by atoms with van der Waals surface area (Å²) in [7, 11) is 0. The predicted octanol–water partition coefficient (Wildman–Crippen LogP) is 3.08. The van der Waals surface area contributed by atoms with Gasteiger partial charge in [0, 0.05) is 26.1 Å². The smallest absolute Gasteiger partial charge is 0.317 e. The van der Waals surface area contributed by atoms with Crippen molar-refractivity contribution in [3.05, 3.63) is 35.9 Å². The highest BCUT2D eigenvalue weighted by atomic mass is 16.4. The van der Waals surface area contributed by atoms with Gasteiger partial charge in [0.25, 0.3) is 0 Å². The van der Waals surface area contributed by atoms with Gasteiger partial charge in [0.05, 0.1) is 0 Å². The summed E-state index contributed by atoms with van der Waals surface area (Å²) in [6.45, 7) is 4.11. The number of carbonyl (C=O) groups is 2. The third kappa shape index (κ3) is 4.98. The number of urea groups is 1. The van der Waals surface area contributed by atoms with Gasteiger partial charge >= 0.3 is 12.0 Å². The number of amides is 2. The molecule has 2 atom stereocenters. The molecule has 1 fully saturated rings. The number of aliphatic carboxylic acids is 1.